The monoisotopic (exact) mass is 321 g/mol. The Hall–Kier alpha value is -2.83. The fourth-order valence-electron chi connectivity index (χ4n) is 2.21. The van der Waals surface area contributed by atoms with Crippen LogP contribution in [0.15, 0.2) is 28.7 Å². The zero-order valence-electron chi connectivity index (χ0n) is 12.8. The number of hydrogen-bond donors (Lipinski definition) is 2. The van der Waals surface area contributed by atoms with E-state index >= 15 is 0 Å². The summed E-state index contributed by atoms with van der Waals surface area (Å²) in [5.41, 5.74) is 0.676. The van der Waals surface area contributed by atoms with Crippen molar-refractivity contribution in [3.63, 3.8) is 0 Å². The van der Waals surface area contributed by atoms with E-state index in [2.05, 4.69) is 5.32 Å². The molecular weight excluding hydrogens is 305 g/mol. The molecule has 1 heterocycles. The van der Waals surface area contributed by atoms with Gasteiger partial charge in [0.05, 0.1) is 7.11 Å². The number of halogens is 1. The number of carboxylic acids is 1. The van der Waals surface area contributed by atoms with E-state index in [0.717, 1.165) is 6.07 Å². The number of carboxylic acid groups (broad SMARTS) is 1. The number of rotatable bonds is 5. The van der Waals surface area contributed by atoms with Crippen molar-refractivity contribution in [2.45, 2.75) is 19.9 Å². The van der Waals surface area contributed by atoms with E-state index < -0.39 is 23.7 Å². The molecule has 1 aromatic heterocycles. The molecule has 0 spiro atoms. The maximum Gasteiger partial charge on any atom is 0.330 e. The Labute approximate surface area is 131 Å². The van der Waals surface area contributed by atoms with E-state index in [1.165, 1.54) is 19.2 Å². The molecule has 0 aliphatic carbocycles. The average Bonchev–Trinajstić information content (AvgIpc) is 2.83. The van der Waals surface area contributed by atoms with Crippen LogP contribution in [0.3, 0.4) is 0 Å². The number of hydrogen-bond acceptors (Lipinski definition) is 4. The second-order valence-corrected chi connectivity index (χ2v) is 5.01. The van der Waals surface area contributed by atoms with Crippen molar-refractivity contribution < 1.29 is 28.2 Å². The highest BCUT2D eigenvalue weighted by Gasteiger charge is 2.26. The molecule has 23 heavy (non-hydrogen) atoms. The molecule has 1 atom stereocenters. The van der Waals surface area contributed by atoms with Gasteiger partial charge in [-0.25, -0.2) is 9.18 Å². The number of aryl methyl sites for hydroxylation is 2. The van der Waals surface area contributed by atoms with E-state index in [4.69, 9.17) is 9.15 Å². The van der Waals surface area contributed by atoms with Crippen LogP contribution in [0.4, 0.5) is 4.39 Å². The van der Waals surface area contributed by atoms with Gasteiger partial charge in [-0.15, -0.1) is 0 Å². The van der Waals surface area contributed by atoms with Gasteiger partial charge in [0, 0.05) is 5.56 Å². The van der Waals surface area contributed by atoms with Crippen molar-refractivity contribution in [2.75, 3.05) is 7.11 Å². The van der Waals surface area contributed by atoms with Crippen molar-refractivity contribution in [3.05, 3.63) is 52.7 Å². The Morgan fingerprint density at radius 1 is 1.30 bits per heavy atom. The SMILES string of the molecule is COc1ccc(C(NC(=O)c2oc(C)cc2C)C(=O)O)cc1F. The van der Waals surface area contributed by atoms with Gasteiger partial charge in [0.2, 0.25) is 0 Å². The molecule has 1 unspecified atom stereocenters. The predicted molar refractivity (Wildman–Crippen MR) is 79.0 cm³/mol. The molecule has 2 N–H and O–H groups in total. The van der Waals surface area contributed by atoms with Gasteiger partial charge in [-0.2, -0.15) is 0 Å². The number of ether oxygens (including phenoxy) is 1. The summed E-state index contributed by atoms with van der Waals surface area (Å²) in [6.07, 6.45) is 0. The van der Waals surface area contributed by atoms with E-state index in [0.29, 0.717) is 11.3 Å². The van der Waals surface area contributed by atoms with Gasteiger partial charge in [-0.1, -0.05) is 6.07 Å². The van der Waals surface area contributed by atoms with E-state index in [-0.39, 0.29) is 17.1 Å². The van der Waals surface area contributed by atoms with Crippen molar-refractivity contribution in [1.82, 2.24) is 5.32 Å². The second-order valence-electron chi connectivity index (χ2n) is 5.01. The highest BCUT2D eigenvalue weighted by Crippen LogP contribution is 2.23. The zero-order chi connectivity index (χ0) is 17.1. The lowest BCUT2D eigenvalue weighted by Crippen LogP contribution is -2.34. The van der Waals surface area contributed by atoms with E-state index in [1.807, 2.05) is 0 Å². The first-order valence-electron chi connectivity index (χ1n) is 6.77. The number of benzene rings is 1. The molecule has 0 aliphatic rings. The summed E-state index contributed by atoms with van der Waals surface area (Å²) in [4.78, 5) is 23.6. The van der Waals surface area contributed by atoms with Crippen LogP contribution >= 0.6 is 0 Å². The Balaban J connectivity index is 2.29. The number of carbonyl (C=O) groups excluding carboxylic acids is 1. The quantitative estimate of drug-likeness (QED) is 0.883. The van der Waals surface area contributed by atoms with Crippen LogP contribution in [0.25, 0.3) is 0 Å². The fourth-order valence-corrected chi connectivity index (χ4v) is 2.21. The third-order valence-electron chi connectivity index (χ3n) is 3.28. The first-order valence-corrected chi connectivity index (χ1v) is 6.77. The van der Waals surface area contributed by atoms with Crippen LogP contribution in [0.5, 0.6) is 5.75 Å². The van der Waals surface area contributed by atoms with Gasteiger partial charge in [0.1, 0.15) is 5.76 Å². The molecule has 6 nitrogen and oxygen atoms in total. The van der Waals surface area contributed by atoms with Gasteiger partial charge < -0.3 is 19.6 Å². The van der Waals surface area contributed by atoms with Crippen molar-refractivity contribution in [2.24, 2.45) is 0 Å². The summed E-state index contributed by atoms with van der Waals surface area (Å²) < 4.78 is 23.8. The van der Waals surface area contributed by atoms with Crippen LogP contribution in [0, 0.1) is 19.7 Å². The van der Waals surface area contributed by atoms with Gasteiger partial charge in [-0.3, -0.25) is 4.79 Å². The highest BCUT2D eigenvalue weighted by atomic mass is 19.1. The molecule has 0 radical (unpaired) electrons. The number of carbonyl (C=O) groups is 2. The maximum absolute atomic E-state index is 13.8. The number of furan rings is 1. The lowest BCUT2D eigenvalue weighted by molar-refractivity contribution is -0.139. The average molecular weight is 321 g/mol. The summed E-state index contributed by atoms with van der Waals surface area (Å²) in [5, 5.41) is 11.6. The molecule has 0 aliphatic heterocycles. The van der Waals surface area contributed by atoms with Gasteiger partial charge >= 0.3 is 5.97 Å². The smallest absolute Gasteiger partial charge is 0.330 e. The molecule has 0 fully saturated rings. The highest BCUT2D eigenvalue weighted by molar-refractivity contribution is 5.95. The minimum absolute atomic E-state index is 0.0123. The topological polar surface area (TPSA) is 88.8 Å². The Bertz CT molecular complexity index is 753. The Morgan fingerprint density at radius 2 is 2.00 bits per heavy atom. The van der Waals surface area contributed by atoms with Crippen molar-refractivity contribution in [1.29, 1.82) is 0 Å². The largest absolute Gasteiger partial charge is 0.494 e. The molecule has 1 aromatic carbocycles. The lowest BCUT2D eigenvalue weighted by atomic mass is 10.1. The summed E-state index contributed by atoms with van der Waals surface area (Å²) in [5.74, 6) is -2.15. The van der Waals surface area contributed by atoms with Crippen molar-refractivity contribution in [3.8, 4) is 5.75 Å². The van der Waals surface area contributed by atoms with Gasteiger partial charge in [-0.05, 0) is 37.6 Å². The number of amides is 1. The molecule has 122 valence electrons. The maximum atomic E-state index is 13.8. The summed E-state index contributed by atoms with van der Waals surface area (Å²) in [6, 6.07) is 3.94. The fraction of sp³-hybridized carbons (Fsp3) is 0.250. The van der Waals surface area contributed by atoms with E-state index in [1.54, 1.807) is 19.9 Å². The van der Waals surface area contributed by atoms with E-state index in [9.17, 15) is 19.1 Å². The minimum atomic E-state index is -1.41. The molecule has 2 aromatic rings. The molecule has 0 bridgehead atoms. The molecule has 2 rings (SSSR count). The predicted octanol–water partition coefficient (Wildman–Crippen LogP) is 2.60. The molecule has 7 heteroatoms. The summed E-state index contributed by atoms with van der Waals surface area (Å²) in [7, 11) is 1.30. The number of nitrogens with one attached hydrogen (secondary N) is 1. The molecule has 1 amide bonds. The van der Waals surface area contributed by atoms with Crippen LogP contribution in [-0.4, -0.2) is 24.1 Å². The standard InChI is InChI=1S/C16H16FNO5/c1-8-6-9(2)23-14(8)15(19)18-13(16(20)21)10-4-5-12(22-3)11(17)7-10/h4-7,13H,1-3H3,(H,18,19)(H,20,21). The van der Waals surface area contributed by atoms with Crippen LogP contribution in [0.1, 0.15) is 33.5 Å². The normalized spacial score (nSPS) is 11.8. The Morgan fingerprint density at radius 3 is 2.48 bits per heavy atom. The van der Waals surface area contributed by atoms with Crippen molar-refractivity contribution >= 4 is 11.9 Å². The number of methoxy groups -OCH3 is 1. The summed E-state index contributed by atoms with van der Waals surface area (Å²) >= 11 is 0. The zero-order valence-corrected chi connectivity index (χ0v) is 12.8. The van der Waals surface area contributed by atoms with Gasteiger partial charge in [0.15, 0.2) is 23.4 Å². The second kappa shape index (κ2) is 6.51. The molecule has 0 saturated heterocycles. The van der Waals surface area contributed by atoms with Crippen LogP contribution < -0.4 is 10.1 Å². The van der Waals surface area contributed by atoms with Crippen LogP contribution in [0.2, 0.25) is 0 Å². The third kappa shape index (κ3) is 3.50. The Kier molecular flexibility index (Phi) is 4.68. The lowest BCUT2D eigenvalue weighted by Gasteiger charge is -2.15. The third-order valence-corrected chi connectivity index (χ3v) is 3.28. The molecular formula is C16H16FNO5. The van der Waals surface area contributed by atoms with Crippen LogP contribution in [-0.2, 0) is 4.79 Å². The number of aliphatic carboxylic acids is 1. The minimum Gasteiger partial charge on any atom is -0.494 e. The first-order chi connectivity index (χ1) is 10.8. The first kappa shape index (κ1) is 16.5. The van der Waals surface area contributed by atoms with Gasteiger partial charge in [0.25, 0.3) is 5.91 Å². The summed E-state index contributed by atoms with van der Waals surface area (Å²) in [6.45, 7) is 3.35. The molecule has 0 saturated carbocycles.